The van der Waals surface area contributed by atoms with Crippen molar-refractivity contribution in [1.82, 2.24) is 10.2 Å². The molecule has 0 saturated carbocycles. The molecule has 1 aliphatic rings. The molecule has 1 aliphatic heterocycles. The molecule has 0 spiro atoms. The van der Waals surface area contributed by atoms with E-state index in [0.717, 1.165) is 31.6 Å². The number of amides is 1. The number of hydrogen-bond donors (Lipinski definition) is 1. The van der Waals surface area contributed by atoms with Crippen molar-refractivity contribution in [2.24, 2.45) is 11.3 Å². The van der Waals surface area contributed by atoms with Crippen LogP contribution in [0.15, 0.2) is 18.2 Å². The van der Waals surface area contributed by atoms with Gasteiger partial charge in [-0.15, -0.1) is 0 Å². The van der Waals surface area contributed by atoms with Gasteiger partial charge in [0, 0.05) is 24.6 Å². The lowest BCUT2D eigenvalue weighted by atomic mass is 9.90. The molecule has 1 aromatic rings. The molecule has 0 unspecified atom stereocenters. The molecule has 1 aromatic carbocycles. The Morgan fingerprint density at radius 2 is 2.12 bits per heavy atom. The average molecular weight is 363 g/mol. The van der Waals surface area contributed by atoms with Gasteiger partial charge in [0.05, 0.1) is 11.6 Å². The maximum atomic E-state index is 14.5. The van der Waals surface area contributed by atoms with Gasteiger partial charge in [-0.1, -0.05) is 20.8 Å². The van der Waals surface area contributed by atoms with E-state index in [0.29, 0.717) is 13.0 Å². The molecule has 0 radical (unpaired) electrons. The maximum Gasteiger partial charge on any atom is 0.251 e. The summed E-state index contributed by atoms with van der Waals surface area (Å²) in [4.78, 5) is 14.3. The van der Waals surface area contributed by atoms with Crippen molar-refractivity contribution in [2.45, 2.75) is 39.8 Å². The summed E-state index contributed by atoms with van der Waals surface area (Å²) in [5.74, 6) is -1.36. The van der Waals surface area contributed by atoms with Crippen LogP contribution >= 0.6 is 0 Å². The number of halogens is 2. The van der Waals surface area contributed by atoms with Crippen molar-refractivity contribution in [3.8, 4) is 6.07 Å². The summed E-state index contributed by atoms with van der Waals surface area (Å²) in [6.45, 7) is 8.81. The topological polar surface area (TPSA) is 56.1 Å². The maximum absolute atomic E-state index is 14.5. The molecule has 1 saturated heterocycles. The zero-order valence-corrected chi connectivity index (χ0v) is 15.7. The van der Waals surface area contributed by atoms with Crippen LogP contribution in [0.1, 0.15) is 49.5 Å². The van der Waals surface area contributed by atoms with Gasteiger partial charge in [-0.25, -0.2) is 8.78 Å². The number of carbonyl (C=O) groups is 1. The third kappa shape index (κ3) is 6.06. The zero-order chi connectivity index (χ0) is 19.3. The molecule has 2 rings (SSSR count). The fourth-order valence-electron chi connectivity index (χ4n) is 3.05. The lowest BCUT2D eigenvalue weighted by Gasteiger charge is -2.36. The summed E-state index contributed by atoms with van der Waals surface area (Å²) in [5.41, 5.74) is 0.398. The molecule has 0 bridgehead atoms. The Kier molecular flexibility index (Phi) is 6.71. The first kappa shape index (κ1) is 20.3. The summed E-state index contributed by atoms with van der Waals surface area (Å²) >= 11 is 0. The fourth-order valence-corrected chi connectivity index (χ4v) is 3.05. The molecule has 0 aliphatic carbocycles. The smallest absolute Gasteiger partial charge is 0.251 e. The molecule has 2 atom stereocenters. The Bertz CT molecular complexity index is 679. The van der Waals surface area contributed by atoms with Gasteiger partial charge < -0.3 is 10.2 Å². The summed E-state index contributed by atoms with van der Waals surface area (Å²) < 4.78 is 27.9. The van der Waals surface area contributed by atoms with E-state index in [2.05, 4.69) is 31.0 Å². The minimum atomic E-state index is -0.994. The number of carbonyl (C=O) groups excluding carboxylic acids is 1. The standard InChI is InChI=1S/C20H27F2N3O/c1-20(2,3)5-7-25-6-4-15(18(22)13-25)12-24-19(26)16-8-14(11-23)9-17(21)10-16/h8-10,15,18H,4-7,12-13H2,1-3H3,(H,24,26)/t15-,18-/m0/s1. The molecule has 26 heavy (non-hydrogen) atoms. The highest BCUT2D eigenvalue weighted by molar-refractivity contribution is 5.94. The van der Waals surface area contributed by atoms with Crippen molar-refractivity contribution in [1.29, 1.82) is 5.26 Å². The molecular formula is C20H27F2N3O. The van der Waals surface area contributed by atoms with Gasteiger partial charge in [0.15, 0.2) is 0 Å². The van der Waals surface area contributed by atoms with Gasteiger partial charge in [0.25, 0.3) is 5.91 Å². The largest absolute Gasteiger partial charge is 0.352 e. The first-order chi connectivity index (χ1) is 12.2. The number of rotatable bonds is 5. The Morgan fingerprint density at radius 1 is 1.38 bits per heavy atom. The number of piperidine rings is 1. The summed E-state index contributed by atoms with van der Waals surface area (Å²) in [7, 11) is 0. The lowest BCUT2D eigenvalue weighted by molar-refractivity contribution is 0.0724. The highest BCUT2D eigenvalue weighted by Crippen LogP contribution is 2.24. The number of likely N-dealkylation sites (tertiary alicyclic amines) is 1. The molecule has 0 aromatic heterocycles. The molecule has 1 heterocycles. The van der Waals surface area contributed by atoms with Crippen LogP contribution in [0.5, 0.6) is 0 Å². The summed E-state index contributed by atoms with van der Waals surface area (Å²) in [6, 6.07) is 5.30. The lowest BCUT2D eigenvalue weighted by Crippen LogP contribution is -2.46. The van der Waals surface area contributed by atoms with Gasteiger partial charge in [-0.05, 0) is 49.5 Å². The van der Waals surface area contributed by atoms with Crippen LogP contribution in [-0.4, -0.2) is 43.2 Å². The van der Waals surface area contributed by atoms with Crippen LogP contribution in [0.2, 0.25) is 0 Å². The predicted octanol–water partition coefficient (Wildman–Crippen LogP) is 3.52. The molecule has 142 valence electrons. The van der Waals surface area contributed by atoms with Gasteiger partial charge in [0.1, 0.15) is 12.0 Å². The third-order valence-electron chi connectivity index (χ3n) is 4.75. The van der Waals surface area contributed by atoms with Crippen molar-refractivity contribution < 1.29 is 13.6 Å². The van der Waals surface area contributed by atoms with Crippen LogP contribution < -0.4 is 5.32 Å². The van der Waals surface area contributed by atoms with Gasteiger partial charge in [-0.2, -0.15) is 5.26 Å². The van der Waals surface area contributed by atoms with Gasteiger partial charge in [0.2, 0.25) is 0 Å². The van der Waals surface area contributed by atoms with E-state index in [1.807, 2.05) is 6.07 Å². The minimum absolute atomic E-state index is 0.0829. The Hall–Kier alpha value is -2.00. The van der Waals surface area contributed by atoms with Crippen LogP contribution in [0, 0.1) is 28.5 Å². The normalized spacial score (nSPS) is 21.2. The van der Waals surface area contributed by atoms with Crippen molar-refractivity contribution in [3.63, 3.8) is 0 Å². The first-order valence-electron chi connectivity index (χ1n) is 9.03. The molecule has 6 heteroatoms. The molecule has 1 N–H and O–H groups in total. The SMILES string of the molecule is CC(C)(C)CCN1CC[C@@H](CNC(=O)c2cc(F)cc(C#N)c2)[C@@H](F)C1. The Balaban J connectivity index is 1.84. The second-order valence-electron chi connectivity index (χ2n) is 8.23. The van der Waals surface area contributed by atoms with Crippen LogP contribution in [0.25, 0.3) is 0 Å². The number of alkyl halides is 1. The van der Waals surface area contributed by atoms with Gasteiger partial charge >= 0.3 is 0 Å². The van der Waals surface area contributed by atoms with E-state index in [1.165, 1.54) is 6.07 Å². The quantitative estimate of drug-likeness (QED) is 0.871. The fraction of sp³-hybridized carbons (Fsp3) is 0.600. The monoisotopic (exact) mass is 363 g/mol. The molecule has 1 amide bonds. The van der Waals surface area contributed by atoms with E-state index in [-0.39, 0.29) is 29.0 Å². The summed E-state index contributed by atoms with van der Waals surface area (Å²) in [5, 5.41) is 11.5. The number of nitrogens with zero attached hydrogens (tertiary/aromatic N) is 2. The van der Waals surface area contributed by atoms with E-state index in [9.17, 15) is 13.6 Å². The minimum Gasteiger partial charge on any atom is -0.352 e. The Labute approximate surface area is 154 Å². The highest BCUT2D eigenvalue weighted by atomic mass is 19.1. The number of nitriles is 1. The predicted molar refractivity (Wildman–Crippen MR) is 97.0 cm³/mol. The number of nitrogens with one attached hydrogen (secondary N) is 1. The highest BCUT2D eigenvalue weighted by Gasteiger charge is 2.30. The average Bonchev–Trinajstić information content (AvgIpc) is 2.57. The van der Waals surface area contributed by atoms with Crippen LogP contribution in [0.3, 0.4) is 0 Å². The Morgan fingerprint density at radius 3 is 2.73 bits per heavy atom. The zero-order valence-electron chi connectivity index (χ0n) is 15.7. The van der Waals surface area contributed by atoms with Crippen molar-refractivity contribution in [3.05, 3.63) is 35.1 Å². The third-order valence-corrected chi connectivity index (χ3v) is 4.75. The van der Waals surface area contributed by atoms with Crippen LogP contribution in [0.4, 0.5) is 8.78 Å². The van der Waals surface area contributed by atoms with Crippen LogP contribution in [-0.2, 0) is 0 Å². The molecule has 1 fully saturated rings. The number of hydrogen-bond acceptors (Lipinski definition) is 3. The second kappa shape index (κ2) is 8.59. The summed E-state index contributed by atoms with van der Waals surface area (Å²) in [6.07, 6.45) is 0.700. The van der Waals surface area contributed by atoms with Crippen molar-refractivity contribution >= 4 is 5.91 Å². The first-order valence-corrected chi connectivity index (χ1v) is 9.03. The second-order valence-corrected chi connectivity index (χ2v) is 8.23. The van der Waals surface area contributed by atoms with Gasteiger partial charge in [-0.3, -0.25) is 4.79 Å². The molecule has 4 nitrogen and oxygen atoms in total. The van der Waals surface area contributed by atoms with Crippen molar-refractivity contribution in [2.75, 3.05) is 26.2 Å². The van der Waals surface area contributed by atoms with E-state index in [1.54, 1.807) is 0 Å². The van der Waals surface area contributed by atoms with E-state index in [4.69, 9.17) is 5.26 Å². The van der Waals surface area contributed by atoms with E-state index < -0.39 is 17.9 Å². The van der Waals surface area contributed by atoms with E-state index >= 15 is 0 Å². The number of benzene rings is 1. The molecular weight excluding hydrogens is 336 g/mol.